The monoisotopic (exact) mass is 257 g/mol. The Bertz CT molecular complexity index is 357. The van der Waals surface area contributed by atoms with E-state index in [4.69, 9.17) is 16.3 Å². The van der Waals surface area contributed by atoms with Gasteiger partial charge in [0.2, 0.25) is 0 Å². The fourth-order valence-corrected chi connectivity index (χ4v) is 2.02. The molecular weight excluding hydrogens is 238 g/mol. The molecule has 2 N–H and O–H groups in total. The van der Waals surface area contributed by atoms with Crippen LogP contribution in [0.3, 0.4) is 0 Å². The van der Waals surface area contributed by atoms with Gasteiger partial charge in [0, 0.05) is 16.6 Å². The van der Waals surface area contributed by atoms with Gasteiger partial charge in [-0.25, -0.2) is 0 Å². The van der Waals surface area contributed by atoms with Crippen LogP contribution in [-0.4, -0.2) is 24.9 Å². The quantitative estimate of drug-likeness (QED) is 0.824. The van der Waals surface area contributed by atoms with E-state index < -0.39 is 0 Å². The standard InChI is InChI=1S/C13H20ClNO2/c1-4-9(2)15-11(8-16)13-10(14)6-5-7-12(13)17-3/h5-7,9,11,15-16H,4,8H2,1-3H3. The second kappa shape index (κ2) is 6.84. The molecule has 4 heteroatoms. The van der Waals surface area contributed by atoms with Crippen LogP contribution in [0.5, 0.6) is 5.75 Å². The Kier molecular flexibility index (Phi) is 5.75. The molecule has 1 aromatic carbocycles. The van der Waals surface area contributed by atoms with Gasteiger partial charge in [-0.15, -0.1) is 0 Å². The summed E-state index contributed by atoms with van der Waals surface area (Å²) in [5.74, 6) is 0.701. The molecule has 0 aliphatic heterocycles. The van der Waals surface area contributed by atoms with Crippen molar-refractivity contribution in [1.82, 2.24) is 5.32 Å². The van der Waals surface area contributed by atoms with Gasteiger partial charge >= 0.3 is 0 Å². The van der Waals surface area contributed by atoms with Gasteiger partial charge in [0.05, 0.1) is 19.8 Å². The van der Waals surface area contributed by atoms with Gasteiger partial charge in [-0.3, -0.25) is 0 Å². The summed E-state index contributed by atoms with van der Waals surface area (Å²) in [6.07, 6.45) is 0.989. The normalized spacial score (nSPS) is 14.4. The third-order valence-corrected chi connectivity index (χ3v) is 3.19. The molecule has 0 heterocycles. The van der Waals surface area contributed by atoms with Crippen LogP contribution >= 0.6 is 11.6 Å². The van der Waals surface area contributed by atoms with E-state index in [0.717, 1.165) is 12.0 Å². The molecule has 0 amide bonds. The van der Waals surface area contributed by atoms with Crippen LogP contribution in [0.2, 0.25) is 5.02 Å². The fraction of sp³-hybridized carbons (Fsp3) is 0.538. The summed E-state index contributed by atoms with van der Waals surface area (Å²) in [4.78, 5) is 0. The molecule has 0 saturated heterocycles. The number of aliphatic hydroxyl groups is 1. The molecule has 0 aromatic heterocycles. The number of rotatable bonds is 6. The Morgan fingerprint density at radius 2 is 2.18 bits per heavy atom. The van der Waals surface area contributed by atoms with Crippen LogP contribution in [0.4, 0.5) is 0 Å². The third-order valence-electron chi connectivity index (χ3n) is 2.86. The van der Waals surface area contributed by atoms with Gasteiger partial charge in [-0.1, -0.05) is 24.6 Å². The van der Waals surface area contributed by atoms with Crippen LogP contribution in [0.25, 0.3) is 0 Å². The van der Waals surface area contributed by atoms with Crippen molar-refractivity contribution in [1.29, 1.82) is 0 Å². The third kappa shape index (κ3) is 3.60. The lowest BCUT2D eigenvalue weighted by atomic mass is 10.0. The number of benzene rings is 1. The lowest BCUT2D eigenvalue weighted by molar-refractivity contribution is 0.231. The van der Waals surface area contributed by atoms with Crippen LogP contribution in [-0.2, 0) is 0 Å². The summed E-state index contributed by atoms with van der Waals surface area (Å²) < 4.78 is 5.29. The maximum absolute atomic E-state index is 9.49. The molecule has 0 aliphatic carbocycles. The molecular formula is C13H20ClNO2. The summed E-state index contributed by atoms with van der Waals surface area (Å²) >= 11 is 6.18. The number of nitrogens with one attached hydrogen (secondary N) is 1. The summed E-state index contributed by atoms with van der Waals surface area (Å²) in [5, 5.41) is 13.4. The minimum Gasteiger partial charge on any atom is -0.496 e. The first kappa shape index (κ1) is 14.3. The van der Waals surface area contributed by atoms with E-state index in [1.54, 1.807) is 13.2 Å². The molecule has 3 nitrogen and oxygen atoms in total. The number of ether oxygens (including phenoxy) is 1. The van der Waals surface area contributed by atoms with E-state index in [-0.39, 0.29) is 12.6 Å². The van der Waals surface area contributed by atoms with Gasteiger partial charge in [0.15, 0.2) is 0 Å². The lowest BCUT2D eigenvalue weighted by Gasteiger charge is -2.23. The molecule has 1 aromatic rings. The number of hydrogen-bond acceptors (Lipinski definition) is 3. The molecule has 17 heavy (non-hydrogen) atoms. The van der Waals surface area contributed by atoms with Crippen molar-refractivity contribution in [3.8, 4) is 5.75 Å². The number of hydrogen-bond donors (Lipinski definition) is 2. The van der Waals surface area contributed by atoms with E-state index in [2.05, 4.69) is 19.2 Å². The Morgan fingerprint density at radius 3 is 2.71 bits per heavy atom. The highest BCUT2D eigenvalue weighted by Crippen LogP contribution is 2.32. The largest absolute Gasteiger partial charge is 0.496 e. The molecule has 0 bridgehead atoms. The zero-order valence-corrected chi connectivity index (χ0v) is 11.3. The van der Waals surface area contributed by atoms with E-state index in [1.165, 1.54) is 0 Å². The highest BCUT2D eigenvalue weighted by molar-refractivity contribution is 6.31. The van der Waals surface area contributed by atoms with E-state index in [0.29, 0.717) is 16.8 Å². The predicted molar refractivity (Wildman–Crippen MR) is 70.7 cm³/mol. The van der Waals surface area contributed by atoms with Gasteiger partial charge in [0.25, 0.3) is 0 Å². The Labute approximate surface area is 108 Å². The number of aliphatic hydroxyl groups excluding tert-OH is 1. The molecule has 0 fully saturated rings. The number of halogens is 1. The minimum absolute atomic E-state index is 0.00949. The zero-order valence-electron chi connectivity index (χ0n) is 10.5. The fourth-order valence-electron chi connectivity index (χ4n) is 1.72. The Hall–Kier alpha value is -0.770. The first-order valence-corrected chi connectivity index (χ1v) is 6.21. The second-order valence-corrected chi connectivity index (χ2v) is 4.47. The van der Waals surface area contributed by atoms with Crippen LogP contribution < -0.4 is 10.1 Å². The highest BCUT2D eigenvalue weighted by Gasteiger charge is 2.19. The van der Waals surface area contributed by atoms with Crippen molar-refractivity contribution < 1.29 is 9.84 Å². The maximum Gasteiger partial charge on any atom is 0.125 e. The highest BCUT2D eigenvalue weighted by atomic mass is 35.5. The van der Waals surface area contributed by atoms with Crippen LogP contribution in [0.1, 0.15) is 31.9 Å². The molecule has 0 saturated carbocycles. The van der Waals surface area contributed by atoms with Crippen molar-refractivity contribution in [3.63, 3.8) is 0 Å². The predicted octanol–water partition coefficient (Wildman–Crippen LogP) is 2.77. The molecule has 2 unspecified atom stereocenters. The van der Waals surface area contributed by atoms with Crippen molar-refractivity contribution in [2.75, 3.05) is 13.7 Å². The first-order valence-electron chi connectivity index (χ1n) is 5.83. The second-order valence-electron chi connectivity index (χ2n) is 4.07. The summed E-state index contributed by atoms with van der Waals surface area (Å²) in [6, 6.07) is 5.60. The SMILES string of the molecule is CCC(C)NC(CO)c1c(Cl)cccc1OC. The minimum atomic E-state index is -0.200. The molecule has 1 rings (SSSR count). The summed E-state index contributed by atoms with van der Waals surface area (Å²) in [5.41, 5.74) is 0.819. The molecule has 0 spiro atoms. The molecule has 0 radical (unpaired) electrons. The van der Waals surface area contributed by atoms with Crippen molar-refractivity contribution in [3.05, 3.63) is 28.8 Å². The Balaban J connectivity index is 3.02. The molecule has 2 atom stereocenters. The van der Waals surface area contributed by atoms with Gasteiger partial charge in [-0.2, -0.15) is 0 Å². The Morgan fingerprint density at radius 1 is 1.47 bits per heavy atom. The van der Waals surface area contributed by atoms with Gasteiger partial charge < -0.3 is 15.2 Å². The average Bonchev–Trinajstić information content (AvgIpc) is 2.35. The van der Waals surface area contributed by atoms with Crippen molar-refractivity contribution >= 4 is 11.6 Å². The average molecular weight is 258 g/mol. The van der Waals surface area contributed by atoms with Crippen molar-refractivity contribution in [2.45, 2.75) is 32.4 Å². The smallest absolute Gasteiger partial charge is 0.125 e. The molecule has 0 aliphatic rings. The molecule has 96 valence electrons. The first-order chi connectivity index (χ1) is 8.13. The maximum atomic E-state index is 9.49. The van der Waals surface area contributed by atoms with E-state index in [1.807, 2.05) is 12.1 Å². The summed E-state index contributed by atoms with van der Waals surface area (Å²) in [6.45, 7) is 4.16. The lowest BCUT2D eigenvalue weighted by Crippen LogP contribution is -2.32. The van der Waals surface area contributed by atoms with Crippen LogP contribution in [0, 0.1) is 0 Å². The summed E-state index contributed by atoms with van der Waals surface area (Å²) in [7, 11) is 1.60. The van der Waals surface area contributed by atoms with Gasteiger partial charge in [0.1, 0.15) is 5.75 Å². The zero-order chi connectivity index (χ0) is 12.8. The van der Waals surface area contributed by atoms with E-state index in [9.17, 15) is 5.11 Å². The van der Waals surface area contributed by atoms with Crippen LogP contribution in [0.15, 0.2) is 18.2 Å². The van der Waals surface area contributed by atoms with Gasteiger partial charge in [-0.05, 0) is 25.5 Å². The van der Waals surface area contributed by atoms with Crippen molar-refractivity contribution in [2.24, 2.45) is 0 Å². The van der Waals surface area contributed by atoms with E-state index >= 15 is 0 Å². The topological polar surface area (TPSA) is 41.5 Å². The number of methoxy groups -OCH3 is 1.